The van der Waals surface area contributed by atoms with Crippen molar-refractivity contribution in [1.29, 1.82) is 0 Å². The molecule has 0 atom stereocenters. The zero-order valence-electron chi connectivity index (χ0n) is 10.1. The fourth-order valence-corrected chi connectivity index (χ4v) is 1.99. The van der Waals surface area contributed by atoms with Gasteiger partial charge in [-0.15, -0.1) is 0 Å². The molecule has 0 saturated carbocycles. The van der Waals surface area contributed by atoms with Gasteiger partial charge in [-0.1, -0.05) is 0 Å². The third kappa shape index (κ3) is 3.06. The van der Waals surface area contributed by atoms with Gasteiger partial charge in [0.25, 0.3) is 0 Å². The first-order chi connectivity index (χ1) is 8.97. The fraction of sp³-hybridized carbons (Fsp3) is 0.0714. The van der Waals surface area contributed by atoms with Crippen LogP contribution in [0.25, 0.3) is 6.08 Å². The summed E-state index contributed by atoms with van der Waals surface area (Å²) in [7, 11) is 0. The number of rotatable bonds is 3. The largest absolute Gasteiger partial charge is 0.508 e. The molecule has 0 aliphatic rings. The van der Waals surface area contributed by atoms with Crippen molar-refractivity contribution in [3.05, 3.63) is 51.9 Å². The highest BCUT2D eigenvalue weighted by Gasteiger charge is 2.12. The van der Waals surface area contributed by atoms with Gasteiger partial charge in [-0.25, -0.2) is 0 Å². The first-order valence-corrected chi connectivity index (χ1v) is 6.27. The molecular formula is C14H11BrO4. The Morgan fingerprint density at radius 2 is 2.05 bits per heavy atom. The summed E-state index contributed by atoms with van der Waals surface area (Å²) >= 11 is 3.11. The third-order valence-electron chi connectivity index (χ3n) is 2.46. The maximum atomic E-state index is 12.0. The Bertz CT molecular complexity index is 655. The summed E-state index contributed by atoms with van der Waals surface area (Å²) in [6.45, 7) is 1.81. The minimum absolute atomic E-state index is 0.175. The molecule has 0 amide bonds. The number of ketones is 1. The lowest BCUT2D eigenvalue weighted by molar-refractivity contribution is 0.104. The number of furan rings is 1. The number of phenolic OH excluding ortho intramolecular Hbond substituents is 2. The summed E-state index contributed by atoms with van der Waals surface area (Å²) in [6, 6.07) is 5.97. The van der Waals surface area contributed by atoms with Gasteiger partial charge < -0.3 is 14.6 Å². The summed E-state index contributed by atoms with van der Waals surface area (Å²) in [5.74, 6) is 0.596. The molecule has 0 unspecified atom stereocenters. The normalized spacial score (nSPS) is 11.1. The van der Waals surface area contributed by atoms with Crippen molar-refractivity contribution in [2.24, 2.45) is 0 Å². The first kappa shape index (κ1) is 13.4. The Morgan fingerprint density at radius 3 is 2.68 bits per heavy atom. The molecule has 4 nitrogen and oxygen atoms in total. The van der Waals surface area contributed by atoms with Crippen molar-refractivity contribution in [2.45, 2.75) is 6.92 Å². The average molecular weight is 323 g/mol. The zero-order chi connectivity index (χ0) is 14.0. The van der Waals surface area contributed by atoms with E-state index in [-0.39, 0.29) is 27.3 Å². The van der Waals surface area contributed by atoms with E-state index in [4.69, 9.17) is 4.42 Å². The molecule has 19 heavy (non-hydrogen) atoms. The van der Waals surface area contributed by atoms with Crippen LogP contribution in [0.2, 0.25) is 0 Å². The highest BCUT2D eigenvalue weighted by atomic mass is 79.9. The molecule has 1 aromatic heterocycles. The second kappa shape index (κ2) is 5.32. The highest BCUT2D eigenvalue weighted by Crippen LogP contribution is 2.32. The first-order valence-electron chi connectivity index (χ1n) is 5.47. The molecule has 1 aromatic carbocycles. The highest BCUT2D eigenvalue weighted by molar-refractivity contribution is 9.10. The molecule has 0 saturated heterocycles. The molecular weight excluding hydrogens is 312 g/mol. The maximum Gasteiger partial charge on any atom is 0.187 e. The second-order valence-corrected chi connectivity index (χ2v) is 4.77. The van der Waals surface area contributed by atoms with Crippen LogP contribution in [0.3, 0.4) is 0 Å². The van der Waals surface area contributed by atoms with Gasteiger partial charge in [0, 0.05) is 11.6 Å². The molecule has 0 aliphatic carbocycles. The monoisotopic (exact) mass is 322 g/mol. The van der Waals surface area contributed by atoms with E-state index in [0.717, 1.165) is 11.8 Å². The molecule has 2 N–H and O–H groups in total. The van der Waals surface area contributed by atoms with Crippen LogP contribution in [-0.2, 0) is 0 Å². The maximum absolute atomic E-state index is 12.0. The number of allylic oxidation sites excluding steroid dienone is 1. The Balaban J connectivity index is 2.28. The molecule has 0 spiro atoms. The Labute approximate surface area is 118 Å². The number of carbonyl (C=O) groups is 1. The van der Waals surface area contributed by atoms with Crippen LogP contribution in [0.4, 0.5) is 0 Å². The zero-order valence-corrected chi connectivity index (χ0v) is 11.6. The molecule has 5 heteroatoms. The summed E-state index contributed by atoms with van der Waals surface area (Å²) < 4.78 is 5.54. The van der Waals surface area contributed by atoms with Crippen LogP contribution >= 0.6 is 15.9 Å². The van der Waals surface area contributed by atoms with Crippen LogP contribution in [0.15, 0.2) is 39.2 Å². The minimum atomic E-state index is -0.355. The number of aryl methyl sites for hydroxylation is 1. The van der Waals surface area contributed by atoms with Gasteiger partial charge >= 0.3 is 0 Å². The van der Waals surface area contributed by atoms with E-state index in [1.807, 2.05) is 6.92 Å². The predicted octanol–water partition coefficient (Wildman–Crippen LogP) is 3.66. The molecule has 98 valence electrons. The number of hydrogen-bond donors (Lipinski definition) is 2. The van der Waals surface area contributed by atoms with Crippen LogP contribution in [-0.4, -0.2) is 16.0 Å². The number of carbonyl (C=O) groups excluding carboxylic acids is 1. The average Bonchev–Trinajstić information content (AvgIpc) is 2.76. The summed E-state index contributed by atoms with van der Waals surface area (Å²) in [5.41, 5.74) is 0.178. The number of phenols is 2. The lowest BCUT2D eigenvalue weighted by Gasteiger charge is -2.03. The smallest absolute Gasteiger partial charge is 0.187 e. The van der Waals surface area contributed by atoms with Crippen molar-refractivity contribution in [1.82, 2.24) is 0 Å². The van der Waals surface area contributed by atoms with E-state index in [1.165, 1.54) is 18.2 Å². The van der Waals surface area contributed by atoms with Crippen LogP contribution in [0.5, 0.6) is 11.5 Å². The van der Waals surface area contributed by atoms with E-state index < -0.39 is 0 Å². The lowest BCUT2D eigenvalue weighted by Crippen LogP contribution is -1.95. The number of halogens is 1. The standard InChI is InChI=1S/C14H11BrO4/c1-8-2-3-10(19-8)4-5-12(17)11-6-9(16)7-13(18)14(11)15/h2-7,16,18H,1H3/b5-4+. The van der Waals surface area contributed by atoms with E-state index >= 15 is 0 Å². The van der Waals surface area contributed by atoms with E-state index in [1.54, 1.807) is 12.1 Å². The van der Waals surface area contributed by atoms with E-state index in [2.05, 4.69) is 15.9 Å². The van der Waals surface area contributed by atoms with Crippen molar-refractivity contribution in [2.75, 3.05) is 0 Å². The summed E-state index contributed by atoms with van der Waals surface area (Å²) in [4.78, 5) is 12.0. The summed E-state index contributed by atoms with van der Waals surface area (Å²) in [5, 5.41) is 18.9. The Kier molecular flexibility index (Phi) is 3.76. The molecule has 0 bridgehead atoms. The minimum Gasteiger partial charge on any atom is -0.508 e. The van der Waals surface area contributed by atoms with Crippen LogP contribution < -0.4 is 0 Å². The Morgan fingerprint density at radius 1 is 1.32 bits per heavy atom. The molecule has 0 fully saturated rings. The van der Waals surface area contributed by atoms with Crippen molar-refractivity contribution in [3.8, 4) is 11.5 Å². The van der Waals surface area contributed by atoms with E-state index in [9.17, 15) is 15.0 Å². The molecule has 0 radical (unpaired) electrons. The molecule has 2 rings (SSSR count). The van der Waals surface area contributed by atoms with Gasteiger partial charge in [0.05, 0.1) is 4.47 Å². The van der Waals surface area contributed by atoms with Crippen LogP contribution in [0.1, 0.15) is 21.9 Å². The van der Waals surface area contributed by atoms with Crippen molar-refractivity contribution in [3.63, 3.8) is 0 Å². The predicted molar refractivity (Wildman–Crippen MR) is 74.3 cm³/mol. The quantitative estimate of drug-likeness (QED) is 0.668. The van der Waals surface area contributed by atoms with Gasteiger partial charge in [-0.2, -0.15) is 0 Å². The lowest BCUT2D eigenvalue weighted by atomic mass is 10.1. The van der Waals surface area contributed by atoms with Gasteiger partial charge in [0.15, 0.2) is 5.78 Å². The third-order valence-corrected chi connectivity index (χ3v) is 3.30. The number of hydrogen-bond acceptors (Lipinski definition) is 4. The fourth-order valence-electron chi connectivity index (χ4n) is 1.56. The topological polar surface area (TPSA) is 70.7 Å². The summed E-state index contributed by atoms with van der Waals surface area (Å²) in [6.07, 6.45) is 2.85. The molecule has 2 aromatic rings. The SMILES string of the molecule is Cc1ccc(/C=C/C(=O)c2cc(O)cc(O)c2Br)o1. The second-order valence-electron chi connectivity index (χ2n) is 3.97. The molecule has 1 heterocycles. The Hall–Kier alpha value is -2.01. The van der Waals surface area contributed by atoms with Gasteiger partial charge in [-0.05, 0) is 53.2 Å². The van der Waals surface area contributed by atoms with Gasteiger partial charge in [0.1, 0.15) is 23.0 Å². The van der Waals surface area contributed by atoms with Crippen molar-refractivity contribution >= 4 is 27.8 Å². The van der Waals surface area contributed by atoms with E-state index in [0.29, 0.717) is 5.76 Å². The molecule has 0 aliphatic heterocycles. The van der Waals surface area contributed by atoms with Gasteiger partial charge in [-0.3, -0.25) is 4.79 Å². The number of benzene rings is 1. The van der Waals surface area contributed by atoms with Gasteiger partial charge in [0.2, 0.25) is 0 Å². The van der Waals surface area contributed by atoms with Crippen LogP contribution in [0, 0.1) is 6.92 Å². The van der Waals surface area contributed by atoms with Crippen molar-refractivity contribution < 1.29 is 19.4 Å². The number of aromatic hydroxyl groups is 2.